The van der Waals surface area contributed by atoms with Crippen molar-refractivity contribution in [2.75, 3.05) is 30.9 Å². The van der Waals surface area contributed by atoms with E-state index in [1.165, 1.54) is 0 Å². The lowest BCUT2D eigenvalue weighted by atomic mass is 10.3. The first-order valence-corrected chi connectivity index (χ1v) is 8.56. The fourth-order valence-corrected chi connectivity index (χ4v) is 2.50. The Hall–Kier alpha value is -2.09. The summed E-state index contributed by atoms with van der Waals surface area (Å²) in [6.07, 6.45) is 2.06. The van der Waals surface area contributed by atoms with Crippen molar-refractivity contribution in [3.63, 3.8) is 0 Å². The SMILES string of the molecule is CN(C)c1ccc(-n2nc3ccc(NCC=C[123I])cc3n2)cc1. The molecule has 23 heavy (non-hydrogen) atoms. The summed E-state index contributed by atoms with van der Waals surface area (Å²) in [7, 11) is 4.05. The minimum Gasteiger partial charge on any atom is -0.381 e. The zero-order valence-corrected chi connectivity index (χ0v) is 15.2. The zero-order valence-electron chi connectivity index (χ0n) is 13.1. The van der Waals surface area contributed by atoms with Gasteiger partial charge in [0.1, 0.15) is 11.0 Å². The van der Waals surface area contributed by atoms with Gasteiger partial charge in [-0.15, -0.1) is 10.2 Å². The van der Waals surface area contributed by atoms with E-state index in [1.54, 1.807) is 4.80 Å². The van der Waals surface area contributed by atoms with Gasteiger partial charge in [0.25, 0.3) is 0 Å². The molecule has 0 aliphatic carbocycles. The van der Waals surface area contributed by atoms with E-state index in [-0.39, 0.29) is 0 Å². The lowest BCUT2D eigenvalue weighted by molar-refractivity contribution is 0.765. The lowest BCUT2D eigenvalue weighted by Gasteiger charge is -2.12. The molecule has 0 fully saturated rings. The van der Waals surface area contributed by atoms with Crippen molar-refractivity contribution in [1.29, 1.82) is 0 Å². The van der Waals surface area contributed by atoms with Gasteiger partial charge in [-0.3, -0.25) is 0 Å². The maximum absolute atomic E-state index is 4.58. The van der Waals surface area contributed by atoms with Gasteiger partial charge >= 0.3 is 0 Å². The largest absolute Gasteiger partial charge is 0.381 e. The molecule has 0 atom stereocenters. The maximum Gasteiger partial charge on any atom is 0.115 e. The fraction of sp³-hybridized carbons (Fsp3) is 0.176. The molecular weight excluding hydrogens is 397 g/mol. The quantitative estimate of drug-likeness (QED) is 0.644. The van der Waals surface area contributed by atoms with Crippen molar-refractivity contribution in [3.8, 4) is 5.69 Å². The lowest BCUT2D eigenvalue weighted by Crippen LogP contribution is -2.08. The number of hydrogen-bond donors (Lipinski definition) is 1. The van der Waals surface area contributed by atoms with Crippen LogP contribution in [0, 0.1) is 0 Å². The second kappa shape index (κ2) is 6.99. The summed E-state index contributed by atoms with van der Waals surface area (Å²) in [6, 6.07) is 14.2. The molecule has 1 N–H and O–H groups in total. The smallest absolute Gasteiger partial charge is 0.115 e. The van der Waals surface area contributed by atoms with Crippen LogP contribution in [0.3, 0.4) is 0 Å². The van der Waals surface area contributed by atoms with Gasteiger partial charge in [0.05, 0.1) is 5.69 Å². The highest BCUT2D eigenvalue weighted by Gasteiger charge is 2.06. The van der Waals surface area contributed by atoms with Crippen molar-refractivity contribution in [2.45, 2.75) is 0 Å². The Labute approximate surface area is 149 Å². The van der Waals surface area contributed by atoms with Crippen LogP contribution >= 0.6 is 22.6 Å². The molecule has 0 unspecified atom stereocenters. The minimum absolute atomic E-state index is 0.800. The molecule has 0 saturated carbocycles. The van der Waals surface area contributed by atoms with Crippen LogP contribution in [-0.4, -0.2) is 35.6 Å². The summed E-state index contributed by atoms with van der Waals surface area (Å²) in [4.78, 5) is 3.75. The molecule has 0 bridgehead atoms. The molecule has 0 aliphatic rings. The first-order valence-electron chi connectivity index (χ1n) is 7.31. The Morgan fingerprint density at radius 3 is 2.52 bits per heavy atom. The summed E-state index contributed by atoms with van der Waals surface area (Å²) in [5.41, 5.74) is 4.92. The van der Waals surface area contributed by atoms with Gasteiger partial charge in [-0.1, -0.05) is 28.7 Å². The highest BCUT2D eigenvalue weighted by Crippen LogP contribution is 2.19. The molecule has 6 heteroatoms. The average Bonchev–Trinajstić information content (AvgIpc) is 2.98. The molecule has 2 aromatic carbocycles. The molecule has 5 nitrogen and oxygen atoms in total. The van der Waals surface area contributed by atoms with Crippen LogP contribution in [0.15, 0.2) is 52.6 Å². The van der Waals surface area contributed by atoms with Gasteiger partial charge in [-0.25, -0.2) is 0 Å². The molecule has 3 aromatic rings. The van der Waals surface area contributed by atoms with E-state index < -0.39 is 0 Å². The molecule has 118 valence electrons. The number of hydrogen-bond acceptors (Lipinski definition) is 4. The summed E-state index contributed by atoms with van der Waals surface area (Å²) in [6.45, 7) is 0.800. The Kier molecular flexibility index (Phi) is 4.80. The monoisotopic (exact) mass is 415 g/mol. The molecule has 0 amide bonds. The Balaban J connectivity index is 1.87. The van der Waals surface area contributed by atoms with E-state index in [9.17, 15) is 0 Å². The molecular formula is C17H18IN5. The van der Waals surface area contributed by atoms with Gasteiger partial charge in [-0.2, -0.15) is 4.80 Å². The van der Waals surface area contributed by atoms with Crippen LogP contribution in [0.25, 0.3) is 16.7 Å². The minimum atomic E-state index is 0.800. The van der Waals surface area contributed by atoms with Gasteiger partial charge in [0, 0.05) is 32.0 Å². The van der Waals surface area contributed by atoms with Crippen molar-refractivity contribution in [3.05, 3.63) is 52.6 Å². The normalized spacial score (nSPS) is 11.3. The summed E-state index contributed by atoms with van der Waals surface area (Å²) in [5, 5.41) is 12.5. The molecule has 0 radical (unpaired) electrons. The van der Waals surface area contributed by atoms with Crippen LogP contribution in [-0.2, 0) is 0 Å². The van der Waals surface area contributed by atoms with E-state index in [1.807, 2.05) is 48.5 Å². The number of rotatable bonds is 5. The van der Waals surface area contributed by atoms with Gasteiger partial charge in [-0.05, 0) is 46.5 Å². The van der Waals surface area contributed by atoms with E-state index in [0.717, 1.165) is 34.6 Å². The first kappa shape index (κ1) is 15.8. The number of nitrogens with one attached hydrogen (secondary N) is 1. The van der Waals surface area contributed by atoms with Crippen LogP contribution in [0.1, 0.15) is 0 Å². The fourth-order valence-electron chi connectivity index (χ4n) is 2.25. The highest BCUT2D eigenvalue weighted by molar-refractivity contribution is 14.1. The van der Waals surface area contributed by atoms with Gasteiger partial charge < -0.3 is 10.2 Å². The molecule has 1 aromatic heterocycles. The van der Waals surface area contributed by atoms with Crippen molar-refractivity contribution in [1.82, 2.24) is 15.0 Å². The van der Waals surface area contributed by atoms with Gasteiger partial charge in [0.2, 0.25) is 0 Å². The topological polar surface area (TPSA) is 46.0 Å². The standard InChI is InChI=1S/C17H18IN5/c1-22(2)14-5-7-15(8-6-14)23-20-16-9-4-13(12-17(16)21-23)19-11-3-10-18/h3-10,12,19H,11H2,1-2H3/i18-4. The highest BCUT2D eigenvalue weighted by atomic mass is 123. The number of benzene rings is 2. The predicted octanol–water partition coefficient (Wildman–Crippen LogP) is 3.85. The van der Waals surface area contributed by atoms with Crippen LogP contribution in [0.4, 0.5) is 11.4 Å². The number of anilines is 2. The second-order valence-corrected chi connectivity index (χ2v) is 6.07. The molecule has 0 spiro atoms. The Morgan fingerprint density at radius 2 is 1.83 bits per heavy atom. The third-order valence-corrected chi connectivity index (χ3v) is 4.00. The van der Waals surface area contributed by atoms with E-state index in [2.05, 4.69) is 61.2 Å². The second-order valence-electron chi connectivity index (χ2n) is 5.35. The van der Waals surface area contributed by atoms with Crippen LogP contribution in [0.5, 0.6) is 0 Å². The zero-order chi connectivity index (χ0) is 16.2. The number of aromatic nitrogens is 3. The number of halogens is 1. The molecule has 0 aliphatic heterocycles. The van der Waals surface area contributed by atoms with Crippen molar-refractivity contribution < 1.29 is 0 Å². The summed E-state index contributed by atoms with van der Waals surface area (Å²) < 4.78 is 2.00. The van der Waals surface area contributed by atoms with Crippen molar-refractivity contribution in [2.24, 2.45) is 0 Å². The summed E-state index contributed by atoms with van der Waals surface area (Å²) >= 11 is 2.21. The molecule has 3 rings (SSSR count). The average molecular weight is 415 g/mol. The molecule has 1 heterocycles. The maximum atomic E-state index is 4.58. The van der Waals surface area contributed by atoms with Crippen LogP contribution in [0.2, 0.25) is 0 Å². The number of fused-ring (bicyclic) bond motifs is 1. The third kappa shape index (κ3) is 3.64. The van der Waals surface area contributed by atoms with Crippen molar-refractivity contribution >= 4 is 45.0 Å². The molecule has 0 saturated heterocycles. The third-order valence-electron chi connectivity index (χ3n) is 3.49. The predicted molar refractivity (Wildman–Crippen MR) is 105 cm³/mol. The van der Waals surface area contributed by atoms with Crippen LogP contribution < -0.4 is 10.2 Å². The van der Waals surface area contributed by atoms with E-state index in [4.69, 9.17) is 0 Å². The Bertz CT molecular complexity index is 821. The number of nitrogens with zero attached hydrogens (tertiary/aromatic N) is 4. The van der Waals surface area contributed by atoms with E-state index >= 15 is 0 Å². The first-order chi connectivity index (χ1) is 11.2. The summed E-state index contributed by atoms with van der Waals surface area (Å²) in [5.74, 6) is 0. The van der Waals surface area contributed by atoms with Gasteiger partial charge in [0.15, 0.2) is 0 Å². The Morgan fingerprint density at radius 1 is 1.09 bits per heavy atom. The van der Waals surface area contributed by atoms with E-state index in [0.29, 0.717) is 0 Å².